The molecule has 15 heteroatoms. The molecular weight excluding hydrogens is 552 g/mol. The highest BCUT2D eigenvalue weighted by molar-refractivity contribution is 7.80. The third-order valence-electron chi connectivity index (χ3n) is 5.88. The lowest BCUT2D eigenvalue weighted by molar-refractivity contribution is -0.148. The molecule has 2 aromatic carbocycles. The van der Waals surface area contributed by atoms with Gasteiger partial charge in [0, 0.05) is 23.9 Å². The van der Waals surface area contributed by atoms with Crippen molar-refractivity contribution in [3.8, 4) is 5.75 Å². The molecule has 1 heterocycles. The van der Waals surface area contributed by atoms with Crippen molar-refractivity contribution < 1.29 is 41.3 Å². The van der Waals surface area contributed by atoms with Gasteiger partial charge in [-0.05, 0) is 49.5 Å². The number of benzene rings is 2. The van der Waals surface area contributed by atoms with Gasteiger partial charge in [0.1, 0.15) is 35.6 Å². The number of hydrogen-bond donors (Lipinski definition) is 3. The fourth-order valence-corrected chi connectivity index (χ4v) is 4.12. The lowest BCUT2D eigenvalue weighted by atomic mass is 9.85. The van der Waals surface area contributed by atoms with Crippen LogP contribution < -0.4 is 10.1 Å². The van der Waals surface area contributed by atoms with E-state index < -0.39 is 48.8 Å². The summed E-state index contributed by atoms with van der Waals surface area (Å²) >= 11 is 5.47. The summed E-state index contributed by atoms with van der Waals surface area (Å²) in [4.78, 5) is 5.19. The Morgan fingerprint density at radius 1 is 1.18 bits per heavy atom. The molecule has 0 radical (unpaired) electrons. The molecule has 0 aliphatic carbocycles. The third kappa shape index (κ3) is 7.36. The Morgan fingerprint density at radius 2 is 1.87 bits per heavy atom. The minimum absolute atomic E-state index is 0.0195. The zero-order valence-corrected chi connectivity index (χ0v) is 21.3. The summed E-state index contributed by atoms with van der Waals surface area (Å²) in [6, 6.07) is 6.95. The summed E-state index contributed by atoms with van der Waals surface area (Å²) in [6.45, 7) is -0.829. The van der Waals surface area contributed by atoms with Gasteiger partial charge in [-0.2, -0.15) is 13.9 Å². The van der Waals surface area contributed by atoms with Gasteiger partial charge in [-0.1, -0.05) is 6.07 Å². The molecular formula is C24H25F6N5O3S. The smallest absolute Gasteiger partial charge is 0.340 e. The highest BCUT2D eigenvalue weighted by Gasteiger charge is 2.43. The lowest BCUT2D eigenvalue weighted by Gasteiger charge is -2.42. The predicted octanol–water partition coefficient (Wildman–Crippen LogP) is 3.80. The van der Waals surface area contributed by atoms with Gasteiger partial charge >= 0.3 is 12.3 Å². The number of nitrogens with one attached hydrogen (secondary N) is 1. The number of aliphatic hydroxyl groups excluding tert-OH is 1. The minimum atomic E-state index is -4.31. The third-order valence-corrected chi connectivity index (χ3v) is 6.22. The first-order valence-corrected chi connectivity index (χ1v) is 11.9. The molecule has 8 nitrogen and oxygen atoms in total. The number of alkyl halides is 4. The molecule has 3 rings (SSSR count). The Labute approximate surface area is 224 Å². The zero-order chi connectivity index (χ0) is 28.8. The van der Waals surface area contributed by atoms with Gasteiger partial charge < -0.3 is 25.2 Å². The summed E-state index contributed by atoms with van der Waals surface area (Å²) in [5, 5.41) is 28.3. The Morgan fingerprint density at radius 3 is 2.44 bits per heavy atom. The van der Waals surface area contributed by atoms with Crippen LogP contribution >= 0.6 is 12.2 Å². The van der Waals surface area contributed by atoms with Crippen LogP contribution in [-0.4, -0.2) is 73.1 Å². The highest BCUT2D eigenvalue weighted by atomic mass is 32.1. The van der Waals surface area contributed by atoms with E-state index in [1.807, 2.05) is 0 Å². The summed E-state index contributed by atoms with van der Waals surface area (Å²) in [7, 11) is 0. The average Bonchev–Trinajstić information content (AvgIpc) is 3.39. The molecule has 3 aromatic rings. The van der Waals surface area contributed by atoms with Crippen LogP contribution in [0.15, 0.2) is 55.1 Å². The topological polar surface area (TPSA) is 95.7 Å². The fraction of sp³-hybridized carbons (Fsp3) is 0.375. The number of aromatic nitrogens is 3. The number of rotatable bonds is 12. The van der Waals surface area contributed by atoms with Crippen molar-refractivity contribution in [3.63, 3.8) is 0 Å². The molecule has 0 aliphatic rings. The molecule has 0 aliphatic heterocycles. The maximum absolute atomic E-state index is 14.9. The molecule has 0 unspecified atom stereocenters. The van der Waals surface area contributed by atoms with Crippen LogP contribution in [0.25, 0.3) is 0 Å². The van der Waals surface area contributed by atoms with Crippen molar-refractivity contribution in [1.82, 2.24) is 19.7 Å². The second-order valence-electron chi connectivity index (χ2n) is 8.54. The largest absolute Gasteiger partial charge is 0.487 e. The SMILES string of the molecule is C[C@@H](N(CCO)C(=S)Nc1ccc(OCC(F)(F)C(F)F)cc1)[C@](O)(Cn1cncn1)c1ccc(F)cc1F. The normalized spacial score (nSPS) is 14.1. The van der Waals surface area contributed by atoms with E-state index in [2.05, 4.69) is 15.4 Å². The summed E-state index contributed by atoms with van der Waals surface area (Å²) in [5.74, 6) is -6.27. The van der Waals surface area contributed by atoms with Crippen LogP contribution in [0.5, 0.6) is 5.75 Å². The van der Waals surface area contributed by atoms with Crippen molar-refractivity contribution in [2.24, 2.45) is 0 Å². The second kappa shape index (κ2) is 12.6. The first kappa shape index (κ1) is 30.1. The van der Waals surface area contributed by atoms with Crippen molar-refractivity contribution in [2.75, 3.05) is 25.1 Å². The van der Waals surface area contributed by atoms with Gasteiger partial charge in [-0.3, -0.25) is 0 Å². The van der Waals surface area contributed by atoms with Crippen LogP contribution in [0.2, 0.25) is 0 Å². The predicted molar refractivity (Wildman–Crippen MR) is 133 cm³/mol. The Hall–Kier alpha value is -3.43. The van der Waals surface area contributed by atoms with Gasteiger partial charge in [-0.25, -0.2) is 27.2 Å². The molecule has 0 spiro atoms. The van der Waals surface area contributed by atoms with Crippen LogP contribution in [0.1, 0.15) is 12.5 Å². The molecule has 0 amide bonds. The molecule has 0 fully saturated rings. The lowest BCUT2D eigenvalue weighted by Crippen LogP contribution is -2.55. The van der Waals surface area contributed by atoms with Gasteiger partial charge in [0.2, 0.25) is 0 Å². The molecule has 3 N–H and O–H groups in total. The van der Waals surface area contributed by atoms with Gasteiger partial charge in [0.25, 0.3) is 0 Å². The van der Waals surface area contributed by atoms with Crippen molar-refractivity contribution in [1.29, 1.82) is 0 Å². The molecule has 0 bridgehead atoms. The van der Waals surface area contributed by atoms with E-state index in [1.165, 1.54) is 53.4 Å². The molecule has 0 saturated carbocycles. The van der Waals surface area contributed by atoms with E-state index in [4.69, 9.17) is 17.0 Å². The van der Waals surface area contributed by atoms with E-state index in [0.29, 0.717) is 11.8 Å². The molecule has 2 atom stereocenters. The summed E-state index contributed by atoms with van der Waals surface area (Å²) < 4.78 is 85.4. The van der Waals surface area contributed by atoms with Crippen LogP contribution in [0, 0.1) is 11.6 Å². The van der Waals surface area contributed by atoms with Crippen LogP contribution in [0.3, 0.4) is 0 Å². The number of nitrogens with zero attached hydrogens (tertiary/aromatic N) is 4. The number of ether oxygens (including phenoxy) is 1. The number of thiocarbonyl (C=S) groups is 1. The standard InChI is InChI=1S/C24H25F6N5O3S/c1-15(23(37,11-34-14-31-13-32-34)19-7-2-16(25)10-20(19)26)35(8-9-36)22(39)33-17-3-5-18(6-4-17)38-12-24(29,30)21(27)28/h2-7,10,13-15,21,36-37H,8-9,11-12H2,1H3,(H,33,39)/t15-,23-/m1/s1. The highest BCUT2D eigenvalue weighted by Crippen LogP contribution is 2.33. The number of anilines is 1. The maximum atomic E-state index is 14.9. The van der Waals surface area contributed by atoms with E-state index in [9.17, 15) is 36.6 Å². The average molecular weight is 578 g/mol. The van der Waals surface area contributed by atoms with Crippen molar-refractivity contribution >= 4 is 23.0 Å². The molecule has 39 heavy (non-hydrogen) atoms. The second-order valence-corrected chi connectivity index (χ2v) is 8.93. The minimum Gasteiger partial charge on any atom is -0.487 e. The van der Waals surface area contributed by atoms with Crippen molar-refractivity contribution in [2.45, 2.75) is 37.5 Å². The Bertz CT molecular complexity index is 1240. The maximum Gasteiger partial charge on any atom is 0.340 e. The fourth-order valence-electron chi connectivity index (χ4n) is 3.75. The van der Waals surface area contributed by atoms with Gasteiger partial charge in [0.05, 0.1) is 19.2 Å². The monoisotopic (exact) mass is 577 g/mol. The van der Waals surface area contributed by atoms with Crippen LogP contribution in [-0.2, 0) is 12.1 Å². The molecule has 0 saturated heterocycles. The first-order valence-electron chi connectivity index (χ1n) is 11.4. The van der Waals surface area contributed by atoms with E-state index in [-0.39, 0.29) is 29.5 Å². The number of aliphatic hydroxyl groups is 2. The summed E-state index contributed by atoms with van der Waals surface area (Å²) in [6.07, 6.45) is -1.36. The quantitative estimate of drug-likeness (QED) is 0.221. The number of hydrogen-bond acceptors (Lipinski definition) is 6. The Balaban J connectivity index is 1.83. The van der Waals surface area contributed by atoms with Gasteiger partial charge in [0.15, 0.2) is 11.7 Å². The molecule has 1 aromatic heterocycles. The summed E-state index contributed by atoms with van der Waals surface area (Å²) in [5.41, 5.74) is -1.98. The van der Waals surface area contributed by atoms with Gasteiger partial charge in [-0.15, -0.1) is 0 Å². The molecule has 212 valence electrons. The van der Waals surface area contributed by atoms with E-state index in [1.54, 1.807) is 0 Å². The van der Waals surface area contributed by atoms with Crippen molar-refractivity contribution in [3.05, 3.63) is 72.3 Å². The van der Waals surface area contributed by atoms with E-state index in [0.717, 1.165) is 12.1 Å². The number of halogens is 6. The Kier molecular flexibility index (Phi) is 9.74. The van der Waals surface area contributed by atoms with Crippen LogP contribution in [0.4, 0.5) is 32.0 Å². The zero-order valence-electron chi connectivity index (χ0n) is 20.4. The first-order chi connectivity index (χ1) is 18.4. The van der Waals surface area contributed by atoms with E-state index >= 15 is 0 Å².